The minimum atomic E-state index is -0.605. The third kappa shape index (κ3) is 4.31. The van der Waals surface area contributed by atoms with Gasteiger partial charge in [-0.25, -0.2) is 0 Å². The second-order valence-corrected chi connectivity index (χ2v) is 6.25. The molecule has 0 heterocycles. The lowest BCUT2D eigenvalue weighted by atomic mass is 9.79. The monoisotopic (exact) mass is 359 g/mol. The number of Topliss-reactive ketones (excluding diaryl/α,β-unsaturated/α-hetero) is 2. The van der Waals surface area contributed by atoms with Crippen LogP contribution in [-0.2, 0) is 4.79 Å². The molecule has 0 saturated heterocycles. The third-order valence-electron chi connectivity index (χ3n) is 4.18. The Kier molecular flexibility index (Phi) is 6.04. The van der Waals surface area contributed by atoms with Crippen LogP contribution in [0.1, 0.15) is 42.1 Å². The summed E-state index contributed by atoms with van der Waals surface area (Å²) in [6.45, 7) is 3.45. The molecule has 130 valence electrons. The van der Waals surface area contributed by atoms with Crippen LogP contribution in [0.15, 0.2) is 48.5 Å². The number of non-ortho nitro benzene ring substituents is 1. The number of nitro benzene ring substituents is 1. The highest BCUT2D eigenvalue weighted by molar-refractivity contribution is 6.30. The SMILES string of the molecule is CCC(=O)C(c1cccc(Cl)c1)C(C)C(=O)c1ccc([N+](=O)[O-])cc1. The van der Waals surface area contributed by atoms with Crippen molar-refractivity contribution in [3.05, 3.63) is 74.8 Å². The zero-order valence-electron chi connectivity index (χ0n) is 13.9. The maximum atomic E-state index is 12.8. The summed E-state index contributed by atoms with van der Waals surface area (Å²) >= 11 is 6.03. The van der Waals surface area contributed by atoms with E-state index in [1.807, 2.05) is 0 Å². The van der Waals surface area contributed by atoms with Crippen molar-refractivity contribution in [2.45, 2.75) is 26.2 Å². The normalized spacial score (nSPS) is 13.1. The van der Waals surface area contributed by atoms with Gasteiger partial charge in [0, 0.05) is 35.1 Å². The molecule has 0 aliphatic heterocycles. The van der Waals surface area contributed by atoms with Gasteiger partial charge < -0.3 is 0 Å². The fourth-order valence-corrected chi connectivity index (χ4v) is 3.03. The van der Waals surface area contributed by atoms with Crippen molar-refractivity contribution in [1.29, 1.82) is 0 Å². The molecule has 0 N–H and O–H groups in total. The van der Waals surface area contributed by atoms with E-state index >= 15 is 0 Å². The predicted molar refractivity (Wildman–Crippen MR) is 96.1 cm³/mol. The van der Waals surface area contributed by atoms with Crippen molar-refractivity contribution in [1.82, 2.24) is 0 Å². The fraction of sp³-hybridized carbons (Fsp3) is 0.263. The smallest absolute Gasteiger partial charge is 0.269 e. The number of ketones is 2. The minimum absolute atomic E-state index is 0.0509. The second kappa shape index (κ2) is 8.03. The molecule has 0 saturated carbocycles. The predicted octanol–water partition coefficient (Wildman–Crippen LogP) is 4.83. The molecule has 2 rings (SSSR count). The molecular formula is C19H18ClNO4. The molecule has 0 bridgehead atoms. The van der Waals surface area contributed by atoms with Crippen molar-refractivity contribution in [2.24, 2.45) is 5.92 Å². The molecule has 0 aliphatic rings. The Morgan fingerprint density at radius 1 is 1.16 bits per heavy atom. The Bertz CT molecular complexity index is 801. The standard InChI is InChI=1S/C19H18ClNO4/c1-3-17(22)18(14-5-4-6-15(20)11-14)12(2)19(23)13-7-9-16(10-8-13)21(24)25/h4-12,18H,3H2,1-2H3. The van der Waals surface area contributed by atoms with Gasteiger partial charge in [0.25, 0.3) is 5.69 Å². The van der Waals surface area contributed by atoms with E-state index in [1.165, 1.54) is 24.3 Å². The molecule has 2 aromatic rings. The van der Waals surface area contributed by atoms with Gasteiger partial charge in [0.2, 0.25) is 0 Å². The van der Waals surface area contributed by atoms with Crippen LogP contribution < -0.4 is 0 Å². The summed E-state index contributed by atoms with van der Waals surface area (Å²) in [7, 11) is 0. The first-order chi connectivity index (χ1) is 11.8. The summed E-state index contributed by atoms with van der Waals surface area (Å²) in [5.74, 6) is -1.49. The molecule has 2 unspecified atom stereocenters. The van der Waals surface area contributed by atoms with Gasteiger partial charge in [-0.1, -0.05) is 37.6 Å². The third-order valence-corrected chi connectivity index (χ3v) is 4.41. The van der Waals surface area contributed by atoms with E-state index in [-0.39, 0.29) is 17.3 Å². The summed E-state index contributed by atoms with van der Waals surface area (Å²) in [4.78, 5) is 35.5. The number of hydrogen-bond donors (Lipinski definition) is 0. The van der Waals surface area contributed by atoms with E-state index < -0.39 is 16.8 Å². The van der Waals surface area contributed by atoms with Crippen molar-refractivity contribution in [3.8, 4) is 0 Å². The molecule has 0 amide bonds. The average molecular weight is 360 g/mol. The molecule has 0 aliphatic carbocycles. The second-order valence-electron chi connectivity index (χ2n) is 5.81. The molecule has 25 heavy (non-hydrogen) atoms. The van der Waals surface area contributed by atoms with Crippen molar-refractivity contribution < 1.29 is 14.5 Å². The molecule has 6 heteroatoms. The lowest BCUT2D eigenvalue weighted by Gasteiger charge is -2.22. The maximum Gasteiger partial charge on any atom is 0.269 e. The zero-order chi connectivity index (χ0) is 18.6. The van der Waals surface area contributed by atoms with Crippen LogP contribution in [0.25, 0.3) is 0 Å². The van der Waals surface area contributed by atoms with Crippen LogP contribution in [0.4, 0.5) is 5.69 Å². The summed E-state index contributed by atoms with van der Waals surface area (Å²) in [6, 6.07) is 12.3. The molecule has 0 aromatic heterocycles. The van der Waals surface area contributed by atoms with Crippen LogP contribution >= 0.6 is 11.6 Å². The van der Waals surface area contributed by atoms with Gasteiger partial charge in [-0.15, -0.1) is 0 Å². The van der Waals surface area contributed by atoms with Gasteiger partial charge in [-0.3, -0.25) is 19.7 Å². The minimum Gasteiger partial charge on any atom is -0.299 e. The fourth-order valence-electron chi connectivity index (χ4n) is 2.84. The van der Waals surface area contributed by atoms with Gasteiger partial charge >= 0.3 is 0 Å². The number of nitro groups is 1. The molecule has 2 atom stereocenters. The Hall–Kier alpha value is -2.53. The van der Waals surface area contributed by atoms with Crippen molar-refractivity contribution in [3.63, 3.8) is 0 Å². The molecular weight excluding hydrogens is 342 g/mol. The van der Waals surface area contributed by atoms with Crippen molar-refractivity contribution >= 4 is 28.9 Å². The zero-order valence-corrected chi connectivity index (χ0v) is 14.7. The number of hydrogen-bond acceptors (Lipinski definition) is 4. The number of rotatable bonds is 7. The quantitative estimate of drug-likeness (QED) is 0.403. The van der Waals surface area contributed by atoms with E-state index in [0.717, 1.165) is 0 Å². The highest BCUT2D eigenvalue weighted by atomic mass is 35.5. The summed E-state index contributed by atoms with van der Waals surface area (Å²) < 4.78 is 0. The Morgan fingerprint density at radius 2 is 1.80 bits per heavy atom. The summed E-state index contributed by atoms with van der Waals surface area (Å²) in [5, 5.41) is 11.2. The first-order valence-electron chi connectivity index (χ1n) is 7.92. The first-order valence-corrected chi connectivity index (χ1v) is 8.29. The van der Waals surface area contributed by atoms with Crippen molar-refractivity contribution in [2.75, 3.05) is 0 Å². The van der Waals surface area contributed by atoms with Crippen LogP contribution in [0.3, 0.4) is 0 Å². The van der Waals surface area contributed by atoms with Crippen LogP contribution in [-0.4, -0.2) is 16.5 Å². The summed E-state index contributed by atoms with van der Waals surface area (Å²) in [6.07, 6.45) is 0.301. The van der Waals surface area contributed by atoms with Crippen LogP contribution in [0, 0.1) is 16.0 Å². The first kappa shape index (κ1) is 18.8. The van der Waals surface area contributed by atoms with E-state index in [0.29, 0.717) is 22.6 Å². The number of carbonyl (C=O) groups is 2. The number of halogens is 1. The lowest BCUT2D eigenvalue weighted by molar-refractivity contribution is -0.384. The lowest BCUT2D eigenvalue weighted by Crippen LogP contribution is -2.26. The van der Waals surface area contributed by atoms with E-state index in [2.05, 4.69) is 0 Å². The highest BCUT2D eigenvalue weighted by Crippen LogP contribution is 2.31. The number of nitrogens with zero attached hydrogens (tertiary/aromatic N) is 1. The topological polar surface area (TPSA) is 77.3 Å². The Labute approximate surface area is 150 Å². The molecule has 5 nitrogen and oxygen atoms in total. The van der Waals surface area contributed by atoms with Gasteiger partial charge in [0.05, 0.1) is 10.8 Å². The largest absolute Gasteiger partial charge is 0.299 e. The van der Waals surface area contributed by atoms with E-state index in [1.54, 1.807) is 38.1 Å². The summed E-state index contributed by atoms with van der Waals surface area (Å²) in [5.41, 5.74) is 0.955. The average Bonchev–Trinajstić information content (AvgIpc) is 2.61. The van der Waals surface area contributed by atoms with Gasteiger partial charge in [-0.05, 0) is 29.8 Å². The Balaban J connectivity index is 2.35. The highest BCUT2D eigenvalue weighted by Gasteiger charge is 2.31. The van der Waals surface area contributed by atoms with E-state index in [4.69, 9.17) is 11.6 Å². The van der Waals surface area contributed by atoms with Crippen LogP contribution in [0.5, 0.6) is 0 Å². The Morgan fingerprint density at radius 3 is 2.32 bits per heavy atom. The van der Waals surface area contributed by atoms with Gasteiger partial charge in [0.15, 0.2) is 5.78 Å². The van der Waals surface area contributed by atoms with E-state index in [9.17, 15) is 19.7 Å². The maximum absolute atomic E-state index is 12.8. The number of benzene rings is 2. The molecule has 0 radical (unpaired) electrons. The van der Waals surface area contributed by atoms with Gasteiger partial charge in [-0.2, -0.15) is 0 Å². The molecule has 2 aromatic carbocycles. The number of carbonyl (C=O) groups excluding carboxylic acids is 2. The van der Waals surface area contributed by atoms with Crippen LogP contribution in [0.2, 0.25) is 5.02 Å². The molecule has 0 fully saturated rings. The van der Waals surface area contributed by atoms with Gasteiger partial charge in [0.1, 0.15) is 5.78 Å². The molecule has 0 spiro atoms.